The molecule has 3 aromatic rings. The predicted molar refractivity (Wildman–Crippen MR) is 120 cm³/mol. The number of esters is 1. The third-order valence-corrected chi connectivity index (χ3v) is 5.21. The van der Waals surface area contributed by atoms with Crippen LogP contribution in [0.4, 0.5) is 0 Å². The second-order valence-corrected chi connectivity index (χ2v) is 7.35. The Morgan fingerprint density at radius 3 is 2.25 bits per heavy atom. The Balaban J connectivity index is 1.65. The van der Waals surface area contributed by atoms with Crippen LogP contribution in [-0.4, -0.2) is 26.0 Å². The molecule has 0 atom stereocenters. The number of carbonyl (C=O) groups excluding carboxylic acids is 2. The van der Waals surface area contributed by atoms with Gasteiger partial charge in [-0.05, 0) is 49.8 Å². The third kappa shape index (κ3) is 3.83. The summed E-state index contributed by atoms with van der Waals surface area (Å²) < 4.78 is 22.1. The van der Waals surface area contributed by atoms with Crippen molar-refractivity contribution >= 4 is 17.8 Å². The zero-order valence-corrected chi connectivity index (χ0v) is 18.2. The van der Waals surface area contributed by atoms with E-state index >= 15 is 0 Å². The maximum atomic E-state index is 12.9. The number of Topliss-reactive ketones (excluding diaryl/α,β-unsaturated/α-hetero) is 1. The summed E-state index contributed by atoms with van der Waals surface area (Å²) in [6.07, 6.45) is 1.71. The molecule has 1 aliphatic heterocycles. The third-order valence-electron chi connectivity index (χ3n) is 5.21. The van der Waals surface area contributed by atoms with Crippen LogP contribution in [0.25, 0.3) is 6.08 Å². The Morgan fingerprint density at radius 1 is 0.906 bits per heavy atom. The minimum Gasteiger partial charge on any atom is -0.496 e. The van der Waals surface area contributed by atoms with Crippen LogP contribution in [0.5, 0.6) is 23.0 Å². The highest BCUT2D eigenvalue weighted by molar-refractivity contribution is 6.15. The van der Waals surface area contributed by atoms with E-state index in [0.29, 0.717) is 28.4 Å². The van der Waals surface area contributed by atoms with Gasteiger partial charge in [-0.2, -0.15) is 0 Å². The van der Waals surface area contributed by atoms with E-state index in [-0.39, 0.29) is 22.9 Å². The Hall–Kier alpha value is -4.06. The van der Waals surface area contributed by atoms with Gasteiger partial charge in [0.2, 0.25) is 5.78 Å². The van der Waals surface area contributed by atoms with E-state index in [9.17, 15) is 9.59 Å². The first-order valence-electron chi connectivity index (χ1n) is 10.0. The van der Waals surface area contributed by atoms with Gasteiger partial charge in [-0.25, -0.2) is 4.79 Å². The number of carbonyl (C=O) groups is 2. The van der Waals surface area contributed by atoms with Gasteiger partial charge in [0, 0.05) is 5.56 Å². The first-order valence-corrected chi connectivity index (χ1v) is 10.0. The fraction of sp³-hybridized carbons (Fsp3) is 0.154. The SMILES string of the molecule is COc1cccc(OC)c1C(=O)Oc1ccc2c(c1C)O/C(=C\c1cccc(C)c1)C2=O. The van der Waals surface area contributed by atoms with Crippen molar-refractivity contribution < 1.29 is 28.5 Å². The summed E-state index contributed by atoms with van der Waals surface area (Å²) in [6, 6.07) is 16.0. The number of rotatable bonds is 5. The Kier molecular flexibility index (Phi) is 5.69. The standard InChI is InChI=1S/C26H22O6/c1-15-7-5-8-17(13-15)14-22-24(27)18-11-12-19(16(2)25(18)31-22)32-26(28)23-20(29-3)9-6-10-21(23)30-4/h5-14H,1-4H3/b22-14-. The number of fused-ring (bicyclic) bond motifs is 1. The summed E-state index contributed by atoms with van der Waals surface area (Å²) in [5.41, 5.74) is 3.10. The van der Waals surface area contributed by atoms with Gasteiger partial charge >= 0.3 is 5.97 Å². The number of aryl methyl sites for hydroxylation is 1. The molecule has 0 fully saturated rings. The lowest BCUT2D eigenvalue weighted by Crippen LogP contribution is -2.12. The van der Waals surface area contributed by atoms with Crippen LogP contribution in [-0.2, 0) is 0 Å². The lowest BCUT2D eigenvalue weighted by molar-refractivity contribution is 0.0726. The van der Waals surface area contributed by atoms with Crippen LogP contribution in [0.2, 0.25) is 0 Å². The van der Waals surface area contributed by atoms with Gasteiger partial charge in [0.25, 0.3) is 0 Å². The largest absolute Gasteiger partial charge is 0.496 e. The van der Waals surface area contributed by atoms with Gasteiger partial charge in [-0.15, -0.1) is 0 Å². The van der Waals surface area contributed by atoms with E-state index in [1.54, 1.807) is 43.3 Å². The summed E-state index contributed by atoms with van der Waals surface area (Å²) in [5.74, 6) is 0.711. The van der Waals surface area contributed by atoms with Crippen molar-refractivity contribution in [2.24, 2.45) is 0 Å². The lowest BCUT2D eigenvalue weighted by atomic mass is 10.1. The number of hydrogen-bond donors (Lipinski definition) is 0. The van der Waals surface area contributed by atoms with Gasteiger partial charge in [-0.1, -0.05) is 35.9 Å². The number of methoxy groups -OCH3 is 2. The number of allylic oxidation sites excluding steroid dienone is 1. The summed E-state index contributed by atoms with van der Waals surface area (Å²) >= 11 is 0. The van der Waals surface area contributed by atoms with Crippen molar-refractivity contribution in [2.75, 3.05) is 14.2 Å². The second-order valence-electron chi connectivity index (χ2n) is 7.35. The monoisotopic (exact) mass is 430 g/mol. The molecular formula is C26H22O6. The van der Waals surface area contributed by atoms with Crippen molar-refractivity contribution in [2.45, 2.75) is 13.8 Å². The molecular weight excluding hydrogens is 408 g/mol. The minimum atomic E-state index is -0.637. The van der Waals surface area contributed by atoms with E-state index in [2.05, 4.69) is 0 Å². The Labute approximate surface area is 186 Å². The van der Waals surface area contributed by atoms with E-state index < -0.39 is 5.97 Å². The molecule has 0 unspecified atom stereocenters. The van der Waals surface area contributed by atoms with Crippen molar-refractivity contribution in [3.63, 3.8) is 0 Å². The molecule has 6 nitrogen and oxygen atoms in total. The lowest BCUT2D eigenvalue weighted by Gasteiger charge is -2.14. The van der Waals surface area contributed by atoms with E-state index in [1.165, 1.54) is 14.2 Å². The number of ether oxygens (including phenoxy) is 4. The molecule has 0 saturated carbocycles. The highest BCUT2D eigenvalue weighted by Crippen LogP contribution is 2.40. The highest BCUT2D eigenvalue weighted by atomic mass is 16.5. The molecule has 0 N–H and O–H groups in total. The molecule has 0 spiro atoms. The zero-order chi connectivity index (χ0) is 22.8. The first-order chi connectivity index (χ1) is 15.4. The number of ketones is 1. The highest BCUT2D eigenvalue weighted by Gasteiger charge is 2.31. The molecule has 1 aliphatic rings. The molecule has 0 aliphatic carbocycles. The second kappa shape index (κ2) is 8.59. The summed E-state index contributed by atoms with van der Waals surface area (Å²) in [6.45, 7) is 3.72. The molecule has 0 bridgehead atoms. The van der Waals surface area contributed by atoms with Crippen LogP contribution >= 0.6 is 0 Å². The predicted octanol–water partition coefficient (Wildman–Crippen LogP) is 5.16. The Bertz CT molecular complexity index is 1230. The topological polar surface area (TPSA) is 71.1 Å². The molecule has 4 rings (SSSR count). The van der Waals surface area contributed by atoms with Crippen LogP contribution in [0.1, 0.15) is 37.4 Å². The molecule has 3 aromatic carbocycles. The molecule has 0 saturated heterocycles. The van der Waals surface area contributed by atoms with Crippen molar-refractivity contribution in [1.82, 2.24) is 0 Å². The minimum absolute atomic E-state index is 0.175. The molecule has 0 radical (unpaired) electrons. The summed E-state index contributed by atoms with van der Waals surface area (Å²) in [7, 11) is 2.93. The van der Waals surface area contributed by atoms with Crippen LogP contribution < -0.4 is 18.9 Å². The summed E-state index contributed by atoms with van der Waals surface area (Å²) in [5, 5.41) is 0. The molecule has 162 valence electrons. The quantitative estimate of drug-likeness (QED) is 0.316. The molecule has 0 aromatic heterocycles. The van der Waals surface area contributed by atoms with Crippen LogP contribution in [0, 0.1) is 13.8 Å². The fourth-order valence-electron chi connectivity index (χ4n) is 3.59. The number of hydrogen-bond acceptors (Lipinski definition) is 6. The fourth-order valence-corrected chi connectivity index (χ4v) is 3.59. The molecule has 6 heteroatoms. The normalized spacial score (nSPS) is 13.5. The van der Waals surface area contributed by atoms with Gasteiger partial charge in [0.05, 0.1) is 19.8 Å². The van der Waals surface area contributed by atoms with Crippen molar-refractivity contribution in [1.29, 1.82) is 0 Å². The van der Waals surface area contributed by atoms with E-state index in [1.807, 2.05) is 31.2 Å². The van der Waals surface area contributed by atoms with Crippen molar-refractivity contribution in [3.05, 3.63) is 88.2 Å². The van der Waals surface area contributed by atoms with Gasteiger partial charge in [0.1, 0.15) is 28.6 Å². The van der Waals surface area contributed by atoms with E-state index in [0.717, 1.165) is 11.1 Å². The average Bonchev–Trinajstić information content (AvgIpc) is 3.11. The Morgan fingerprint density at radius 2 is 1.59 bits per heavy atom. The van der Waals surface area contributed by atoms with Crippen LogP contribution in [0.15, 0.2) is 60.4 Å². The maximum absolute atomic E-state index is 12.9. The van der Waals surface area contributed by atoms with Gasteiger partial charge in [0.15, 0.2) is 5.76 Å². The zero-order valence-electron chi connectivity index (χ0n) is 18.2. The van der Waals surface area contributed by atoms with E-state index in [4.69, 9.17) is 18.9 Å². The summed E-state index contributed by atoms with van der Waals surface area (Å²) in [4.78, 5) is 25.8. The molecule has 0 amide bonds. The van der Waals surface area contributed by atoms with Gasteiger partial charge in [-0.3, -0.25) is 4.79 Å². The average molecular weight is 430 g/mol. The smallest absolute Gasteiger partial charge is 0.351 e. The molecule has 32 heavy (non-hydrogen) atoms. The van der Waals surface area contributed by atoms with Crippen molar-refractivity contribution in [3.8, 4) is 23.0 Å². The first kappa shape index (κ1) is 21.2. The molecule has 1 heterocycles. The maximum Gasteiger partial charge on any atom is 0.351 e. The van der Waals surface area contributed by atoms with Gasteiger partial charge < -0.3 is 18.9 Å². The van der Waals surface area contributed by atoms with Crippen LogP contribution in [0.3, 0.4) is 0 Å². The number of benzene rings is 3.